The molecular formula is C14H21N3O2. The summed E-state index contributed by atoms with van der Waals surface area (Å²) in [6.07, 6.45) is 9.43. The number of aromatic nitrogens is 2. The first kappa shape index (κ1) is 11.9. The van der Waals surface area contributed by atoms with Crippen LogP contribution in [0.1, 0.15) is 62.6 Å². The Labute approximate surface area is 112 Å². The van der Waals surface area contributed by atoms with Crippen LogP contribution in [0.2, 0.25) is 0 Å². The van der Waals surface area contributed by atoms with E-state index in [0.717, 1.165) is 37.9 Å². The zero-order valence-electron chi connectivity index (χ0n) is 11.2. The van der Waals surface area contributed by atoms with Crippen molar-refractivity contribution in [3.05, 3.63) is 11.7 Å². The molecule has 19 heavy (non-hydrogen) atoms. The molecule has 2 bridgehead atoms. The van der Waals surface area contributed by atoms with Crippen LogP contribution >= 0.6 is 0 Å². The summed E-state index contributed by atoms with van der Waals surface area (Å²) in [6.45, 7) is 0. The van der Waals surface area contributed by atoms with Crippen molar-refractivity contribution in [2.24, 2.45) is 5.73 Å². The molecule has 3 unspecified atom stereocenters. The molecule has 5 heteroatoms. The van der Waals surface area contributed by atoms with Crippen LogP contribution in [0.5, 0.6) is 0 Å². The highest BCUT2D eigenvalue weighted by molar-refractivity contribution is 5.08. The standard InChI is InChI=1S/C14H21N3O2/c15-14(5-1-2-6-14)8-12-16-13(17-19-12)10-7-9-3-4-11(10)18-9/h9-11H,1-8,15H2. The summed E-state index contributed by atoms with van der Waals surface area (Å²) in [4.78, 5) is 4.58. The Morgan fingerprint density at radius 2 is 2.11 bits per heavy atom. The summed E-state index contributed by atoms with van der Waals surface area (Å²) in [6, 6.07) is 0. The molecule has 1 aliphatic carbocycles. The molecule has 2 N–H and O–H groups in total. The fourth-order valence-corrected chi connectivity index (χ4v) is 3.96. The van der Waals surface area contributed by atoms with Crippen LogP contribution in [0.3, 0.4) is 0 Å². The molecule has 1 saturated carbocycles. The second-order valence-electron chi connectivity index (χ2n) is 6.51. The van der Waals surface area contributed by atoms with Gasteiger partial charge in [0.25, 0.3) is 0 Å². The maximum atomic E-state index is 6.36. The fraction of sp³-hybridized carbons (Fsp3) is 0.857. The third kappa shape index (κ3) is 2.09. The van der Waals surface area contributed by atoms with Crippen LogP contribution in [0, 0.1) is 0 Å². The first-order valence-corrected chi connectivity index (χ1v) is 7.49. The van der Waals surface area contributed by atoms with Crippen LogP contribution in [-0.2, 0) is 11.2 Å². The normalized spacial score (nSPS) is 36.2. The molecule has 2 saturated heterocycles. The van der Waals surface area contributed by atoms with Crippen molar-refractivity contribution in [2.75, 3.05) is 0 Å². The van der Waals surface area contributed by atoms with E-state index in [1.807, 2.05) is 0 Å². The van der Waals surface area contributed by atoms with E-state index >= 15 is 0 Å². The summed E-state index contributed by atoms with van der Waals surface area (Å²) in [5, 5.41) is 4.17. The first-order valence-electron chi connectivity index (χ1n) is 7.49. The number of hydrogen-bond acceptors (Lipinski definition) is 5. The summed E-state index contributed by atoms with van der Waals surface area (Å²) in [7, 11) is 0. The highest BCUT2D eigenvalue weighted by atomic mass is 16.5. The Morgan fingerprint density at radius 3 is 2.79 bits per heavy atom. The minimum atomic E-state index is -0.116. The SMILES string of the molecule is NC1(Cc2nc(C3CC4CCC3O4)no2)CCCC1. The lowest BCUT2D eigenvalue weighted by Gasteiger charge is -2.20. The highest BCUT2D eigenvalue weighted by Gasteiger charge is 2.44. The average Bonchev–Trinajstić information content (AvgIpc) is 3.12. The largest absolute Gasteiger partial charge is 0.374 e. The van der Waals surface area contributed by atoms with Gasteiger partial charge in [-0.05, 0) is 32.1 Å². The van der Waals surface area contributed by atoms with Crippen LogP contribution < -0.4 is 5.73 Å². The van der Waals surface area contributed by atoms with Crippen molar-refractivity contribution in [2.45, 2.75) is 75.0 Å². The molecule has 5 nitrogen and oxygen atoms in total. The third-order valence-corrected chi connectivity index (χ3v) is 5.02. The number of nitrogens with two attached hydrogens (primary N) is 1. The van der Waals surface area contributed by atoms with Crippen LogP contribution in [-0.4, -0.2) is 27.9 Å². The van der Waals surface area contributed by atoms with Crippen LogP contribution in [0.25, 0.3) is 0 Å². The Balaban J connectivity index is 1.47. The van der Waals surface area contributed by atoms with Crippen molar-refractivity contribution in [1.29, 1.82) is 0 Å². The van der Waals surface area contributed by atoms with Gasteiger partial charge in [0.1, 0.15) is 0 Å². The zero-order chi connectivity index (χ0) is 12.9. The molecular weight excluding hydrogens is 242 g/mol. The lowest BCUT2D eigenvalue weighted by molar-refractivity contribution is 0.0996. The van der Waals surface area contributed by atoms with Gasteiger partial charge in [0.15, 0.2) is 5.82 Å². The smallest absolute Gasteiger partial charge is 0.228 e. The molecule has 1 aromatic rings. The van der Waals surface area contributed by atoms with Gasteiger partial charge in [0, 0.05) is 12.0 Å². The van der Waals surface area contributed by atoms with Gasteiger partial charge in [0.05, 0.1) is 18.1 Å². The molecule has 2 aliphatic heterocycles. The molecule has 0 amide bonds. The number of hydrogen-bond donors (Lipinski definition) is 1. The second-order valence-corrected chi connectivity index (χ2v) is 6.51. The lowest BCUT2D eigenvalue weighted by atomic mass is 9.89. The fourth-order valence-electron chi connectivity index (χ4n) is 3.96. The molecule has 0 aromatic carbocycles. The minimum Gasteiger partial charge on any atom is -0.374 e. The van der Waals surface area contributed by atoms with Gasteiger partial charge < -0.3 is 15.0 Å². The van der Waals surface area contributed by atoms with Crippen molar-refractivity contribution < 1.29 is 9.26 Å². The van der Waals surface area contributed by atoms with Gasteiger partial charge in [-0.2, -0.15) is 4.98 Å². The maximum absolute atomic E-state index is 6.36. The molecule has 3 aliphatic rings. The monoisotopic (exact) mass is 263 g/mol. The molecule has 0 spiro atoms. The van der Waals surface area contributed by atoms with E-state index in [1.54, 1.807) is 0 Å². The van der Waals surface area contributed by atoms with Gasteiger partial charge >= 0.3 is 0 Å². The molecule has 104 valence electrons. The Kier molecular flexibility index (Phi) is 2.67. The van der Waals surface area contributed by atoms with Crippen LogP contribution in [0.4, 0.5) is 0 Å². The summed E-state index contributed by atoms with van der Waals surface area (Å²) >= 11 is 0. The maximum Gasteiger partial charge on any atom is 0.228 e. The summed E-state index contributed by atoms with van der Waals surface area (Å²) < 4.78 is 11.3. The van der Waals surface area contributed by atoms with Crippen molar-refractivity contribution >= 4 is 0 Å². The first-order chi connectivity index (χ1) is 9.22. The summed E-state index contributed by atoms with van der Waals surface area (Å²) in [5.74, 6) is 1.89. The third-order valence-electron chi connectivity index (χ3n) is 5.02. The van der Waals surface area contributed by atoms with E-state index in [1.165, 1.54) is 19.3 Å². The molecule has 3 fully saturated rings. The minimum absolute atomic E-state index is 0.116. The van der Waals surface area contributed by atoms with Gasteiger partial charge in [-0.3, -0.25) is 0 Å². The topological polar surface area (TPSA) is 74.2 Å². The van der Waals surface area contributed by atoms with Gasteiger partial charge in [0.2, 0.25) is 5.89 Å². The Bertz CT molecular complexity index is 467. The predicted molar refractivity (Wildman–Crippen MR) is 68.6 cm³/mol. The molecule has 0 radical (unpaired) electrons. The molecule has 3 heterocycles. The number of nitrogens with zero attached hydrogens (tertiary/aromatic N) is 2. The van der Waals surface area contributed by atoms with Crippen LogP contribution in [0.15, 0.2) is 4.52 Å². The van der Waals surface area contributed by atoms with E-state index in [2.05, 4.69) is 10.1 Å². The predicted octanol–water partition coefficient (Wildman–Crippen LogP) is 1.92. The van der Waals surface area contributed by atoms with E-state index in [4.69, 9.17) is 15.0 Å². The molecule has 4 rings (SSSR count). The Morgan fingerprint density at radius 1 is 1.26 bits per heavy atom. The Hall–Kier alpha value is -0.940. The number of ether oxygens (including phenoxy) is 1. The number of rotatable bonds is 3. The number of fused-ring (bicyclic) bond motifs is 2. The molecule has 3 atom stereocenters. The average molecular weight is 263 g/mol. The van der Waals surface area contributed by atoms with Gasteiger partial charge in [-0.15, -0.1) is 0 Å². The quantitative estimate of drug-likeness (QED) is 0.901. The van der Waals surface area contributed by atoms with Crippen molar-refractivity contribution in [3.63, 3.8) is 0 Å². The van der Waals surface area contributed by atoms with E-state index in [0.29, 0.717) is 24.0 Å². The lowest BCUT2D eigenvalue weighted by Crippen LogP contribution is -2.38. The van der Waals surface area contributed by atoms with Crippen molar-refractivity contribution in [1.82, 2.24) is 10.1 Å². The van der Waals surface area contributed by atoms with E-state index < -0.39 is 0 Å². The van der Waals surface area contributed by atoms with Crippen molar-refractivity contribution in [3.8, 4) is 0 Å². The molecule has 1 aromatic heterocycles. The van der Waals surface area contributed by atoms with Gasteiger partial charge in [-0.25, -0.2) is 0 Å². The van der Waals surface area contributed by atoms with E-state index in [-0.39, 0.29) is 5.54 Å². The zero-order valence-corrected chi connectivity index (χ0v) is 11.2. The van der Waals surface area contributed by atoms with E-state index in [9.17, 15) is 0 Å². The summed E-state index contributed by atoms with van der Waals surface area (Å²) in [5.41, 5.74) is 6.25. The highest BCUT2D eigenvalue weighted by Crippen LogP contribution is 2.43. The van der Waals surface area contributed by atoms with Gasteiger partial charge in [-0.1, -0.05) is 18.0 Å². The second kappa shape index (κ2) is 4.28.